The van der Waals surface area contributed by atoms with Crippen molar-refractivity contribution in [2.45, 2.75) is 12.5 Å². The maximum atomic E-state index is 12.2. The standard InChI is InChI=1S/C17H23N3O4/c1-3-9-24-15-7-5-4-6-14(15)19-17(22)18-13-11-16(21)20(12-13)8-10-23-2/h3-7,13H,1,8-12H2,2H3,(H2,18,19,22)/t13-/m1/s1. The summed E-state index contributed by atoms with van der Waals surface area (Å²) in [4.78, 5) is 25.7. The van der Waals surface area contributed by atoms with E-state index in [0.29, 0.717) is 44.2 Å². The number of para-hydroxylation sites is 2. The molecule has 1 aliphatic rings. The van der Waals surface area contributed by atoms with Crippen LogP contribution in [-0.2, 0) is 9.53 Å². The van der Waals surface area contributed by atoms with Crippen LogP contribution in [0.25, 0.3) is 0 Å². The summed E-state index contributed by atoms with van der Waals surface area (Å²) >= 11 is 0. The lowest BCUT2D eigenvalue weighted by Crippen LogP contribution is -2.40. The molecule has 2 rings (SSSR count). The van der Waals surface area contributed by atoms with E-state index in [1.54, 1.807) is 30.2 Å². The molecule has 0 radical (unpaired) electrons. The van der Waals surface area contributed by atoms with Crippen LogP contribution < -0.4 is 15.4 Å². The normalized spacial score (nSPS) is 16.8. The Labute approximate surface area is 141 Å². The third kappa shape index (κ3) is 4.99. The van der Waals surface area contributed by atoms with Crippen molar-refractivity contribution >= 4 is 17.6 Å². The van der Waals surface area contributed by atoms with Gasteiger partial charge in [-0.2, -0.15) is 0 Å². The molecule has 1 atom stereocenters. The fraction of sp³-hybridized carbons (Fsp3) is 0.412. The lowest BCUT2D eigenvalue weighted by atomic mass is 10.2. The summed E-state index contributed by atoms with van der Waals surface area (Å²) in [5.41, 5.74) is 0.567. The molecule has 1 aromatic carbocycles. The Morgan fingerprint density at radius 1 is 1.46 bits per heavy atom. The number of rotatable bonds is 8. The second-order valence-corrected chi connectivity index (χ2v) is 5.43. The predicted octanol–water partition coefficient (Wildman–Crippen LogP) is 1.62. The number of nitrogens with zero attached hydrogens (tertiary/aromatic N) is 1. The van der Waals surface area contributed by atoms with Crippen LogP contribution in [0.15, 0.2) is 36.9 Å². The summed E-state index contributed by atoms with van der Waals surface area (Å²) in [5.74, 6) is 0.587. The summed E-state index contributed by atoms with van der Waals surface area (Å²) in [6, 6.07) is 6.58. The van der Waals surface area contributed by atoms with Crippen LogP contribution in [0.1, 0.15) is 6.42 Å². The molecule has 130 valence electrons. The van der Waals surface area contributed by atoms with Gasteiger partial charge >= 0.3 is 6.03 Å². The molecule has 1 heterocycles. The molecule has 0 unspecified atom stereocenters. The number of hydrogen-bond acceptors (Lipinski definition) is 4. The minimum absolute atomic E-state index is 0.0204. The molecule has 1 fully saturated rings. The summed E-state index contributed by atoms with van der Waals surface area (Å²) in [6.45, 7) is 5.46. The first kappa shape index (κ1) is 17.8. The van der Waals surface area contributed by atoms with E-state index in [1.807, 2.05) is 12.1 Å². The average Bonchev–Trinajstić information content (AvgIpc) is 2.91. The van der Waals surface area contributed by atoms with Gasteiger partial charge < -0.3 is 25.0 Å². The van der Waals surface area contributed by atoms with Gasteiger partial charge in [0.1, 0.15) is 12.4 Å². The smallest absolute Gasteiger partial charge is 0.319 e. The van der Waals surface area contributed by atoms with Crippen LogP contribution in [0.2, 0.25) is 0 Å². The molecule has 0 spiro atoms. The molecule has 3 amide bonds. The SMILES string of the molecule is C=CCOc1ccccc1NC(=O)N[C@@H]1CC(=O)N(CCOC)C1. The first-order chi connectivity index (χ1) is 11.6. The number of likely N-dealkylation sites (tertiary alicyclic amines) is 1. The van der Waals surface area contributed by atoms with Crippen LogP contribution in [0.3, 0.4) is 0 Å². The molecule has 7 nitrogen and oxygen atoms in total. The minimum atomic E-state index is -0.365. The third-order valence-electron chi connectivity index (χ3n) is 3.61. The van der Waals surface area contributed by atoms with Gasteiger partial charge in [-0.25, -0.2) is 4.79 Å². The Bertz CT molecular complexity index is 591. The number of ether oxygens (including phenoxy) is 2. The van der Waals surface area contributed by atoms with Gasteiger partial charge in [-0.1, -0.05) is 24.8 Å². The van der Waals surface area contributed by atoms with E-state index in [2.05, 4.69) is 17.2 Å². The van der Waals surface area contributed by atoms with Crippen LogP contribution in [-0.4, -0.2) is 56.3 Å². The molecule has 24 heavy (non-hydrogen) atoms. The van der Waals surface area contributed by atoms with Gasteiger partial charge in [0.05, 0.1) is 18.3 Å². The Balaban J connectivity index is 1.88. The molecular weight excluding hydrogens is 310 g/mol. The van der Waals surface area contributed by atoms with Crippen LogP contribution in [0.4, 0.5) is 10.5 Å². The van der Waals surface area contributed by atoms with Crippen LogP contribution in [0.5, 0.6) is 5.75 Å². The number of methoxy groups -OCH3 is 1. The predicted molar refractivity (Wildman–Crippen MR) is 91.1 cm³/mol. The highest BCUT2D eigenvalue weighted by atomic mass is 16.5. The molecule has 0 aliphatic carbocycles. The fourth-order valence-corrected chi connectivity index (χ4v) is 2.47. The van der Waals surface area contributed by atoms with Crippen molar-refractivity contribution in [2.75, 3.05) is 38.7 Å². The molecule has 0 aromatic heterocycles. The monoisotopic (exact) mass is 333 g/mol. The number of anilines is 1. The van der Waals surface area contributed by atoms with Gasteiger partial charge in [0.2, 0.25) is 5.91 Å². The lowest BCUT2D eigenvalue weighted by Gasteiger charge is -2.17. The first-order valence-corrected chi connectivity index (χ1v) is 7.81. The number of amides is 3. The van der Waals surface area contributed by atoms with Crippen molar-refractivity contribution < 1.29 is 19.1 Å². The number of nitrogens with one attached hydrogen (secondary N) is 2. The second-order valence-electron chi connectivity index (χ2n) is 5.43. The lowest BCUT2D eigenvalue weighted by molar-refractivity contribution is -0.128. The summed E-state index contributed by atoms with van der Waals surface area (Å²) < 4.78 is 10.5. The van der Waals surface area contributed by atoms with E-state index in [9.17, 15) is 9.59 Å². The summed E-state index contributed by atoms with van der Waals surface area (Å²) in [5, 5.41) is 5.57. The van der Waals surface area contributed by atoms with E-state index in [0.717, 1.165) is 0 Å². The largest absolute Gasteiger partial charge is 0.487 e. The zero-order valence-corrected chi connectivity index (χ0v) is 13.8. The number of benzene rings is 1. The molecule has 1 saturated heterocycles. The highest BCUT2D eigenvalue weighted by Gasteiger charge is 2.30. The molecule has 1 aromatic rings. The Kier molecular flexibility index (Phi) is 6.62. The highest BCUT2D eigenvalue weighted by Crippen LogP contribution is 2.23. The van der Waals surface area contributed by atoms with Crippen LogP contribution >= 0.6 is 0 Å². The van der Waals surface area contributed by atoms with Crippen LogP contribution in [0, 0.1) is 0 Å². The Morgan fingerprint density at radius 3 is 3.00 bits per heavy atom. The van der Waals surface area contributed by atoms with Crippen molar-refractivity contribution in [2.24, 2.45) is 0 Å². The van der Waals surface area contributed by atoms with Gasteiger partial charge in [0.15, 0.2) is 0 Å². The maximum Gasteiger partial charge on any atom is 0.319 e. The molecule has 7 heteroatoms. The Hall–Kier alpha value is -2.54. The van der Waals surface area contributed by atoms with Crippen molar-refractivity contribution in [3.8, 4) is 5.75 Å². The minimum Gasteiger partial charge on any atom is -0.487 e. The van der Waals surface area contributed by atoms with Crippen molar-refractivity contribution in [3.05, 3.63) is 36.9 Å². The number of urea groups is 1. The van der Waals surface area contributed by atoms with Crippen molar-refractivity contribution in [1.82, 2.24) is 10.2 Å². The molecule has 0 bridgehead atoms. The van der Waals surface area contributed by atoms with Gasteiger partial charge in [-0.15, -0.1) is 0 Å². The van der Waals surface area contributed by atoms with Crippen molar-refractivity contribution in [3.63, 3.8) is 0 Å². The van der Waals surface area contributed by atoms with E-state index in [-0.39, 0.29) is 18.0 Å². The van der Waals surface area contributed by atoms with E-state index in [1.165, 1.54) is 0 Å². The van der Waals surface area contributed by atoms with Gasteiger partial charge in [-0.3, -0.25) is 4.79 Å². The summed E-state index contributed by atoms with van der Waals surface area (Å²) in [7, 11) is 1.59. The quantitative estimate of drug-likeness (QED) is 0.709. The zero-order chi connectivity index (χ0) is 17.4. The number of carbonyl (C=O) groups excluding carboxylic acids is 2. The number of carbonyl (C=O) groups is 2. The highest BCUT2D eigenvalue weighted by molar-refractivity contribution is 5.92. The fourth-order valence-electron chi connectivity index (χ4n) is 2.47. The zero-order valence-electron chi connectivity index (χ0n) is 13.8. The Morgan fingerprint density at radius 2 is 2.25 bits per heavy atom. The average molecular weight is 333 g/mol. The van der Waals surface area contributed by atoms with E-state index in [4.69, 9.17) is 9.47 Å². The second kappa shape index (κ2) is 8.93. The molecule has 0 saturated carbocycles. The number of hydrogen-bond donors (Lipinski definition) is 2. The molecule has 2 N–H and O–H groups in total. The van der Waals surface area contributed by atoms with Gasteiger partial charge in [0, 0.05) is 26.6 Å². The van der Waals surface area contributed by atoms with Gasteiger partial charge in [0.25, 0.3) is 0 Å². The van der Waals surface area contributed by atoms with Gasteiger partial charge in [-0.05, 0) is 12.1 Å². The van der Waals surface area contributed by atoms with E-state index >= 15 is 0 Å². The molecular formula is C17H23N3O4. The first-order valence-electron chi connectivity index (χ1n) is 7.81. The van der Waals surface area contributed by atoms with E-state index < -0.39 is 0 Å². The summed E-state index contributed by atoms with van der Waals surface area (Å²) in [6.07, 6.45) is 1.93. The third-order valence-corrected chi connectivity index (χ3v) is 3.61. The topological polar surface area (TPSA) is 79.9 Å². The maximum absolute atomic E-state index is 12.2. The van der Waals surface area contributed by atoms with Crippen molar-refractivity contribution in [1.29, 1.82) is 0 Å². The molecule has 1 aliphatic heterocycles.